The van der Waals surface area contributed by atoms with Crippen LogP contribution >= 0.6 is 0 Å². The summed E-state index contributed by atoms with van der Waals surface area (Å²) in [4.78, 5) is 25.7. The number of hydrogen-bond donors (Lipinski definition) is 1. The minimum absolute atomic E-state index is 0.123. The second kappa shape index (κ2) is 7.29. The van der Waals surface area contributed by atoms with Gasteiger partial charge in [-0.25, -0.2) is 4.68 Å². The molecular formula is C18H22N4O2. The minimum Gasteiger partial charge on any atom is -0.352 e. The van der Waals surface area contributed by atoms with Crippen molar-refractivity contribution in [2.75, 3.05) is 19.6 Å². The standard InChI is InChI=1S/C18H22N4O2/c1-14-16(13-20-22(14)15-7-3-2-4-8-15)18(24)19-10-6-12-21-11-5-9-17(21)23/h2-4,7-8,13H,5-6,9-12H2,1H3,(H,19,24). The summed E-state index contributed by atoms with van der Waals surface area (Å²) in [5.74, 6) is 0.101. The zero-order chi connectivity index (χ0) is 16.9. The molecule has 1 N–H and O–H groups in total. The van der Waals surface area contributed by atoms with Gasteiger partial charge in [-0.05, 0) is 31.9 Å². The fraction of sp³-hybridized carbons (Fsp3) is 0.389. The smallest absolute Gasteiger partial charge is 0.254 e. The lowest BCUT2D eigenvalue weighted by Crippen LogP contribution is -2.30. The van der Waals surface area contributed by atoms with E-state index in [1.165, 1.54) is 0 Å². The molecule has 1 saturated heterocycles. The van der Waals surface area contributed by atoms with Gasteiger partial charge in [0.1, 0.15) is 0 Å². The van der Waals surface area contributed by atoms with E-state index in [0.717, 1.165) is 30.8 Å². The quantitative estimate of drug-likeness (QED) is 0.825. The summed E-state index contributed by atoms with van der Waals surface area (Å²) in [6.07, 6.45) is 3.97. The Balaban J connectivity index is 1.54. The molecule has 2 heterocycles. The molecule has 1 aliphatic heterocycles. The van der Waals surface area contributed by atoms with Gasteiger partial charge in [0.05, 0.1) is 23.1 Å². The summed E-state index contributed by atoms with van der Waals surface area (Å²) in [5, 5.41) is 7.22. The van der Waals surface area contributed by atoms with E-state index in [9.17, 15) is 9.59 Å². The Labute approximate surface area is 141 Å². The van der Waals surface area contributed by atoms with Gasteiger partial charge >= 0.3 is 0 Å². The number of hydrogen-bond acceptors (Lipinski definition) is 3. The van der Waals surface area contributed by atoms with Crippen LogP contribution in [0.4, 0.5) is 0 Å². The van der Waals surface area contributed by atoms with Gasteiger partial charge < -0.3 is 10.2 Å². The van der Waals surface area contributed by atoms with Crippen LogP contribution in [-0.4, -0.2) is 46.1 Å². The largest absolute Gasteiger partial charge is 0.352 e. The van der Waals surface area contributed by atoms with E-state index < -0.39 is 0 Å². The van der Waals surface area contributed by atoms with Crippen molar-refractivity contribution in [3.8, 4) is 5.69 Å². The number of rotatable bonds is 6. The summed E-state index contributed by atoms with van der Waals surface area (Å²) >= 11 is 0. The third kappa shape index (κ3) is 3.48. The molecule has 1 fully saturated rings. The van der Waals surface area contributed by atoms with E-state index in [-0.39, 0.29) is 11.8 Å². The van der Waals surface area contributed by atoms with Crippen molar-refractivity contribution in [3.63, 3.8) is 0 Å². The molecule has 1 aromatic heterocycles. The lowest BCUT2D eigenvalue weighted by Gasteiger charge is -2.15. The SMILES string of the molecule is Cc1c(C(=O)NCCCN2CCCC2=O)cnn1-c1ccccc1. The molecule has 1 aliphatic rings. The highest BCUT2D eigenvalue weighted by atomic mass is 16.2. The van der Waals surface area contributed by atoms with E-state index >= 15 is 0 Å². The van der Waals surface area contributed by atoms with Crippen LogP contribution in [0.3, 0.4) is 0 Å². The predicted molar refractivity (Wildman–Crippen MR) is 91.1 cm³/mol. The van der Waals surface area contributed by atoms with Crippen LogP contribution in [-0.2, 0) is 4.79 Å². The Bertz CT molecular complexity index is 724. The molecule has 0 saturated carbocycles. The summed E-state index contributed by atoms with van der Waals surface area (Å²) in [5.41, 5.74) is 2.33. The number of aromatic nitrogens is 2. The predicted octanol–water partition coefficient (Wildman–Crippen LogP) is 1.92. The number of likely N-dealkylation sites (tertiary alicyclic amines) is 1. The third-order valence-electron chi connectivity index (χ3n) is 4.32. The summed E-state index contributed by atoms with van der Waals surface area (Å²) in [6.45, 7) is 3.99. The molecule has 0 aliphatic carbocycles. The van der Waals surface area contributed by atoms with Crippen molar-refractivity contribution >= 4 is 11.8 Å². The van der Waals surface area contributed by atoms with Crippen molar-refractivity contribution in [3.05, 3.63) is 47.8 Å². The molecule has 3 rings (SSSR count). The number of para-hydroxylation sites is 1. The monoisotopic (exact) mass is 326 g/mol. The summed E-state index contributed by atoms with van der Waals surface area (Å²) in [6, 6.07) is 9.73. The highest BCUT2D eigenvalue weighted by Gasteiger charge is 2.19. The van der Waals surface area contributed by atoms with Crippen LogP contribution in [0.15, 0.2) is 36.5 Å². The van der Waals surface area contributed by atoms with Gasteiger partial charge in [-0.15, -0.1) is 0 Å². The molecule has 0 atom stereocenters. The first-order valence-corrected chi connectivity index (χ1v) is 8.33. The molecule has 0 spiro atoms. The van der Waals surface area contributed by atoms with Crippen molar-refractivity contribution in [2.24, 2.45) is 0 Å². The van der Waals surface area contributed by atoms with Gasteiger partial charge in [0, 0.05) is 26.1 Å². The molecule has 126 valence electrons. The van der Waals surface area contributed by atoms with Crippen molar-refractivity contribution in [2.45, 2.75) is 26.2 Å². The Morgan fingerprint density at radius 3 is 2.79 bits per heavy atom. The first-order chi connectivity index (χ1) is 11.7. The third-order valence-corrected chi connectivity index (χ3v) is 4.32. The van der Waals surface area contributed by atoms with Gasteiger partial charge in [-0.3, -0.25) is 9.59 Å². The molecule has 6 nitrogen and oxygen atoms in total. The van der Waals surface area contributed by atoms with Crippen LogP contribution < -0.4 is 5.32 Å². The van der Waals surface area contributed by atoms with Crippen LogP contribution in [0.2, 0.25) is 0 Å². The fourth-order valence-electron chi connectivity index (χ4n) is 2.97. The number of benzene rings is 1. The van der Waals surface area contributed by atoms with Gasteiger partial charge in [-0.2, -0.15) is 5.10 Å². The molecule has 2 amide bonds. The Morgan fingerprint density at radius 1 is 1.29 bits per heavy atom. The van der Waals surface area contributed by atoms with E-state index in [4.69, 9.17) is 0 Å². The van der Waals surface area contributed by atoms with Crippen LogP contribution in [0, 0.1) is 6.92 Å². The molecular weight excluding hydrogens is 304 g/mol. The highest BCUT2D eigenvalue weighted by Crippen LogP contribution is 2.14. The summed E-state index contributed by atoms with van der Waals surface area (Å²) in [7, 11) is 0. The zero-order valence-corrected chi connectivity index (χ0v) is 13.9. The van der Waals surface area contributed by atoms with Gasteiger partial charge in [0.2, 0.25) is 5.91 Å². The molecule has 0 radical (unpaired) electrons. The van der Waals surface area contributed by atoms with Crippen LogP contribution in [0.1, 0.15) is 35.3 Å². The maximum Gasteiger partial charge on any atom is 0.254 e. The number of nitrogens with zero attached hydrogens (tertiary/aromatic N) is 3. The maximum absolute atomic E-state index is 12.3. The molecule has 0 bridgehead atoms. The second-order valence-electron chi connectivity index (χ2n) is 5.98. The number of nitrogens with one attached hydrogen (secondary N) is 1. The summed E-state index contributed by atoms with van der Waals surface area (Å²) < 4.78 is 1.76. The first kappa shape index (κ1) is 16.2. The Morgan fingerprint density at radius 2 is 2.08 bits per heavy atom. The fourth-order valence-corrected chi connectivity index (χ4v) is 2.97. The molecule has 24 heavy (non-hydrogen) atoms. The average molecular weight is 326 g/mol. The number of amides is 2. The van der Waals surface area contributed by atoms with E-state index in [2.05, 4.69) is 10.4 Å². The lowest BCUT2D eigenvalue weighted by molar-refractivity contribution is -0.127. The lowest BCUT2D eigenvalue weighted by atomic mass is 10.2. The first-order valence-electron chi connectivity index (χ1n) is 8.33. The van der Waals surface area contributed by atoms with E-state index in [1.807, 2.05) is 42.2 Å². The minimum atomic E-state index is -0.123. The topological polar surface area (TPSA) is 67.2 Å². The van der Waals surface area contributed by atoms with Crippen molar-refractivity contribution < 1.29 is 9.59 Å². The number of carbonyl (C=O) groups is 2. The normalized spacial score (nSPS) is 14.2. The number of carbonyl (C=O) groups excluding carboxylic acids is 2. The molecule has 2 aromatic rings. The molecule has 0 unspecified atom stereocenters. The second-order valence-corrected chi connectivity index (χ2v) is 5.98. The highest BCUT2D eigenvalue weighted by molar-refractivity contribution is 5.95. The van der Waals surface area contributed by atoms with Crippen molar-refractivity contribution in [1.29, 1.82) is 0 Å². The van der Waals surface area contributed by atoms with Gasteiger partial charge in [0.15, 0.2) is 0 Å². The Hall–Kier alpha value is -2.63. The molecule has 1 aromatic carbocycles. The van der Waals surface area contributed by atoms with Crippen molar-refractivity contribution in [1.82, 2.24) is 20.0 Å². The van der Waals surface area contributed by atoms with Gasteiger partial charge in [0.25, 0.3) is 5.91 Å². The van der Waals surface area contributed by atoms with E-state index in [1.54, 1.807) is 10.9 Å². The average Bonchev–Trinajstić information content (AvgIpc) is 3.18. The Kier molecular flexibility index (Phi) is 4.93. The maximum atomic E-state index is 12.3. The van der Waals surface area contributed by atoms with Crippen LogP contribution in [0.5, 0.6) is 0 Å². The van der Waals surface area contributed by atoms with Gasteiger partial charge in [-0.1, -0.05) is 18.2 Å². The van der Waals surface area contributed by atoms with Crippen LogP contribution in [0.25, 0.3) is 5.69 Å². The molecule has 6 heteroatoms. The zero-order valence-electron chi connectivity index (χ0n) is 13.9. The van der Waals surface area contributed by atoms with E-state index in [0.29, 0.717) is 25.1 Å².